The van der Waals surface area contributed by atoms with E-state index in [1.807, 2.05) is 42.5 Å². The molecule has 3 rings (SSSR count). The summed E-state index contributed by atoms with van der Waals surface area (Å²) in [6.45, 7) is 3.49. The van der Waals surface area contributed by atoms with Gasteiger partial charge in [0.25, 0.3) is 5.91 Å². The summed E-state index contributed by atoms with van der Waals surface area (Å²) in [6, 6.07) is 18.4. The Morgan fingerprint density at radius 2 is 1.58 bits per heavy atom. The SMILES string of the molecule is COc1ccccc1OCCOc1c(C(=O)NC(C)(C)C(O)O)ccc2ccccc12. The Hall–Kier alpha value is -3.29. The predicted molar refractivity (Wildman–Crippen MR) is 118 cm³/mol. The van der Waals surface area contributed by atoms with Crippen LogP contribution in [0.3, 0.4) is 0 Å². The summed E-state index contributed by atoms with van der Waals surface area (Å²) in [6.07, 6.45) is -1.71. The quantitative estimate of drug-likeness (QED) is 0.360. The van der Waals surface area contributed by atoms with Gasteiger partial charge in [-0.05, 0) is 37.4 Å². The normalized spacial score (nSPS) is 11.4. The minimum absolute atomic E-state index is 0.193. The van der Waals surface area contributed by atoms with Crippen LogP contribution in [0.1, 0.15) is 24.2 Å². The van der Waals surface area contributed by atoms with Crippen molar-refractivity contribution in [1.29, 1.82) is 0 Å². The molecule has 3 aromatic carbocycles. The van der Waals surface area contributed by atoms with E-state index >= 15 is 0 Å². The molecule has 0 saturated carbocycles. The van der Waals surface area contributed by atoms with E-state index in [0.29, 0.717) is 22.8 Å². The molecule has 3 aromatic rings. The van der Waals surface area contributed by atoms with Crippen molar-refractivity contribution in [2.75, 3.05) is 20.3 Å². The Morgan fingerprint density at radius 3 is 2.29 bits per heavy atom. The number of rotatable bonds is 9. The molecule has 7 nitrogen and oxygen atoms in total. The predicted octanol–water partition coefficient (Wildman–Crippen LogP) is 3.13. The number of amides is 1. The summed E-state index contributed by atoms with van der Waals surface area (Å²) in [5, 5.41) is 23.4. The van der Waals surface area contributed by atoms with Crippen LogP contribution in [0, 0.1) is 0 Å². The summed E-state index contributed by atoms with van der Waals surface area (Å²) in [4.78, 5) is 12.9. The third-order valence-corrected chi connectivity index (χ3v) is 4.86. The highest BCUT2D eigenvalue weighted by Crippen LogP contribution is 2.31. The van der Waals surface area contributed by atoms with Crippen LogP contribution < -0.4 is 19.5 Å². The summed E-state index contributed by atoms with van der Waals surface area (Å²) >= 11 is 0. The van der Waals surface area contributed by atoms with Crippen molar-refractivity contribution in [3.8, 4) is 17.2 Å². The lowest BCUT2D eigenvalue weighted by atomic mass is 10.0. The lowest BCUT2D eigenvalue weighted by molar-refractivity contribution is -0.0937. The van der Waals surface area contributed by atoms with Crippen molar-refractivity contribution in [2.24, 2.45) is 0 Å². The molecule has 0 aliphatic carbocycles. The zero-order valence-corrected chi connectivity index (χ0v) is 17.8. The third-order valence-electron chi connectivity index (χ3n) is 4.86. The van der Waals surface area contributed by atoms with E-state index in [1.165, 1.54) is 13.8 Å². The molecule has 7 heteroatoms. The Balaban J connectivity index is 1.80. The second-order valence-corrected chi connectivity index (χ2v) is 7.56. The van der Waals surface area contributed by atoms with Gasteiger partial charge in [0, 0.05) is 5.39 Å². The molecule has 0 heterocycles. The zero-order valence-electron chi connectivity index (χ0n) is 17.8. The highest BCUT2D eigenvalue weighted by atomic mass is 16.5. The fourth-order valence-corrected chi connectivity index (χ4v) is 3.04. The Kier molecular flexibility index (Phi) is 6.99. The number of carbonyl (C=O) groups excluding carboxylic acids is 1. The topological polar surface area (TPSA) is 97.3 Å². The Labute approximate surface area is 181 Å². The smallest absolute Gasteiger partial charge is 0.255 e. The van der Waals surface area contributed by atoms with Gasteiger partial charge in [-0.2, -0.15) is 0 Å². The maximum Gasteiger partial charge on any atom is 0.255 e. The van der Waals surface area contributed by atoms with Crippen LogP contribution in [-0.4, -0.2) is 48.3 Å². The van der Waals surface area contributed by atoms with E-state index in [4.69, 9.17) is 14.2 Å². The maximum atomic E-state index is 12.9. The first-order chi connectivity index (χ1) is 14.8. The lowest BCUT2D eigenvalue weighted by Gasteiger charge is -2.28. The van der Waals surface area contributed by atoms with Gasteiger partial charge >= 0.3 is 0 Å². The number of hydrogen-bond acceptors (Lipinski definition) is 6. The number of aliphatic hydroxyl groups is 2. The minimum atomic E-state index is -1.71. The highest BCUT2D eigenvalue weighted by Gasteiger charge is 2.29. The molecule has 0 bridgehead atoms. The van der Waals surface area contributed by atoms with Crippen LogP contribution >= 0.6 is 0 Å². The number of carbonyl (C=O) groups is 1. The second-order valence-electron chi connectivity index (χ2n) is 7.56. The van der Waals surface area contributed by atoms with E-state index in [9.17, 15) is 15.0 Å². The number of ether oxygens (including phenoxy) is 3. The van der Waals surface area contributed by atoms with Crippen molar-refractivity contribution >= 4 is 16.7 Å². The average Bonchev–Trinajstić information content (AvgIpc) is 2.76. The molecule has 0 spiro atoms. The number of methoxy groups -OCH3 is 1. The number of hydrogen-bond donors (Lipinski definition) is 3. The van der Waals surface area contributed by atoms with Crippen molar-refractivity contribution in [3.63, 3.8) is 0 Å². The summed E-state index contributed by atoms with van der Waals surface area (Å²) < 4.78 is 17.0. The fraction of sp³-hybridized carbons (Fsp3) is 0.292. The van der Waals surface area contributed by atoms with Crippen molar-refractivity contribution < 1.29 is 29.2 Å². The van der Waals surface area contributed by atoms with E-state index in [2.05, 4.69) is 5.32 Å². The molecule has 0 aliphatic rings. The Morgan fingerprint density at radius 1 is 0.935 bits per heavy atom. The van der Waals surface area contributed by atoms with Crippen LogP contribution in [0.15, 0.2) is 60.7 Å². The van der Waals surface area contributed by atoms with Gasteiger partial charge in [0.2, 0.25) is 0 Å². The molecule has 1 amide bonds. The molecule has 0 fully saturated rings. The number of nitrogens with one attached hydrogen (secondary N) is 1. The molecule has 0 aliphatic heterocycles. The van der Waals surface area contributed by atoms with Gasteiger partial charge < -0.3 is 29.7 Å². The van der Waals surface area contributed by atoms with Gasteiger partial charge in [0.05, 0.1) is 18.2 Å². The molecule has 0 atom stereocenters. The molecular formula is C24H27NO6. The number of benzene rings is 3. The number of aliphatic hydroxyl groups excluding tert-OH is 1. The van der Waals surface area contributed by atoms with Crippen molar-refractivity contribution in [1.82, 2.24) is 5.32 Å². The van der Waals surface area contributed by atoms with Gasteiger partial charge in [-0.15, -0.1) is 0 Å². The van der Waals surface area contributed by atoms with Crippen LogP contribution in [-0.2, 0) is 0 Å². The van der Waals surface area contributed by atoms with Crippen molar-refractivity contribution in [3.05, 3.63) is 66.2 Å². The van der Waals surface area contributed by atoms with Crippen LogP contribution in [0.25, 0.3) is 10.8 Å². The molecule has 3 N–H and O–H groups in total. The van der Waals surface area contributed by atoms with E-state index in [-0.39, 0.29) is 13.2 Å². The lowest BCUT2D eigenvalue weighted by Crippen LogP contribution is -2.52. The van der Waals surface area contributed by atoms with Gasteiger partial charge in [0.1, 0.15) is 19.0 Å². The first-order valence-electron chi connectivity index (χ1n) is 9.92. The summed E-state index contributed by atoms with van der Waals surface area (Å²) in [5.74, 6) is 1.16. The molecule has 0 saturated heterocycles. The molecule has 164 valence electrons. The highest BCUT2D eigenvalue weighted by molar-refractivity contribution is 6.04. The minimum Gasteiger partial charge on any atom is -0.493 e. The van der Waals surface area contributed by atoms with E-state index in [0.717, 1.165) is 10.8 Å². The van der Waals surface area contributed by atoms with Gasteiger partial charge in [0.15, 0.2) is 17.8 Å². The second kappa shape index (κ2) is 9.68. The third kappa shape index (κ3) is 5.25. The Bertz CT molecular complexity index is 1050. The molecule has 0 unspecified atom stereocenters. The number of para-hydroxylation sites is 2. The van der Waals surface area contributed by atoms with Gasteiger partial charge in [-0.3, -0.25) is 4.79 Å². The molecular weight excluding hydrogens is 398 g/mol. The largest absolute Gasteiger partial charge is 0.493 e. The van der Waals surface area contributed by atoms with E-state index in [1.54, 1.807) is 25.3 Å². The van der Waals surface area contributed by atoms with E-state index < -0.39 is 17.7 Å². The molecule has 0 aromatic heterocycles. The standard InChI is InChI=1S/C24H27NO6/c1-24(2,23(27)28)25-22(26)18-13-12-16-8-4-5-9-17(16)21(18)31-15-14-30-20-11-7-6-10-19(20)29-3/h4-13,23,27-28H,14-15H2,1-3H3,(H,25,26). The average molecular weight is 425 g/mol. The summed E-state index contributed by atoms with van der Waals surface area (Å²) in [7, 11) is 1.57. The summed E-state index contributed by atoms with van der Waals surface area (Å²) in [5.41, 5.74) is -0.933. The molecule has 31 heavy (non-hydrogen) atoms. The van der Waals surface area contributed by atoms with Crippen LogP contribution in [0.2, 0.25) is 0 Å². The fourth-order valence-electron chi connectivity index (χ4n) is 3.04. The monoisotopic (exact) mass is 425 g/mol. The zero-order chi connectivity index (χ0) is 22.4. The van der Waals surface area contributed by atoms with Gasteiger partial charge in [-0.1, -0.05) is 42.5 Å². The first-order valence-corrected chi connectivity index (χ1v) is 9.92. The van der Waals surface area contributed by atoms with Crippen molar-refractivity contribution in [2.45, 2.75) is 25.7 Å². The molecule has 0 radical (unpaired) electrons. The maximum absolute atomic E-state index is 12.9. The number of fused-ring (bicyclic) bond motifs is 1. The van der Waals surface area contributed by atoms with Crippen LogP contribution in [0.4, 0.5) is 0 Å². The first kappa shape index (κ1) is 22.4. The van der Waals surface area contributed by atoms with Gasteiger partial charge in [-0.25, -0.2) is 0 Å². The van der Waals surface area contributed by atoms with Crippen LogP contribution in [0.5, 0.6) is 17.2 Å².